The average Bonchev–Trinajstić information content (AvgIpc) is 2.79. The summed E-state index contributed by atoms with van der Waals surface area (Å²) < 4.78 is 6.70. The van der Waals surface area contributed by atoms with Gasteiger partial charge in [0.05, 0.1) is 27.5 Å². The van der Waals surface area contributed by atoms with Crippen molar-refractivity contribution in [3.8, 4) is 5.75 Å². The van der Waals surface area contributed by atoms with Gasteiger partial charge < -0.3 is 9.64 Å². The lowest BCUT2D eigenvalue weighted by molar-refractivity contribution is 0.100. The number of benzene rings is 1. The number of ether oxygens (including phenoxy) is 1. The first-order valence-electron chi connectivity index (χ1n) is 6.49. The molecule has 104 valence electrons. The minimum absolute atomic E-state index is 0.150. The minimum Gasteiger partial charge on any atom is -0.491 e. The highest BCUT2D eigenvalue weighted by Gasteiger charge is 2.19. The third-order valence-electron chi connectivity index (χ3n) is 3.22. The molecule has 0 bridgehead atoms. The molecule has 1 aliphatic rings. The zero-order valence-electron chi connectivity index (χ0n) is 10.8. The molecule has 2 aromatic rings. The molecule has 1 aromatic heterocycles. The summed E-state index contributed by atoms with van der Waals surface area (Å²) in [5.41, 5.74) is 1.01. The first kappa shape index (κ1) is 13.6. The van der Waals surface area contributed by atoms with E-state index in [1.54, 1.807) is 0 Å². The van der Waals surface area contributed by atoms with Crippen LogP contribution in [0.3, 0.4) is 0 Å². The highest BCUT2D eigenvalue weighted by molar-refractivity contribution is 9.11. The maximum atomic E-state index is 12.4. The summed E-state index contributed by atoms with van der Waals surface area (Å²) in [7, 11) is 0. The summed E-state index contributed by atoms with van der Waals surface area (Å²) in [6, 6.07) is 11.7. The fourth-order valence-corrected chi connectivity index (χ4v) is 3.59. The summed E-state index contributed by atoms with van der Waals surface area (Å²) in [5.74, 6) is 1.02. The second kappa shape index (κ2) is 5.97. The molecular weight excluding hydrogens is 338 g/mol. The Morgan fingerprint density at radius 1 is 1.30 bits per heavy atom. The number of para-hydroxylation sites is 2. The van der Waals surface area contributed by atoms with Crippen molar-refractivity contribution >= 4 is 38.7 Å². The number of nitrogens with zero attached hydrogens (tertiary/aromatic N) is 1. The Bertz CT molecular complexity index is 626. The number of hydrogen-bond donors (Lipinski definition) is 0. The number of carbonyl (C=O) groups is 1. The second-order valence-electron chi connectivity index (χ2n) is 4.62. The van der Waals surface area contributed by atoms with Gasteiger partial charge in [-0.2, -0.15) is 0 Å². The molecule has 0 amide bonds. The fourth-order valence-electron chi connectivity index (χ4n) is 2.28. The predicted octanol–water partition coefficient (Wildman–Crippen LogP) is 3.98. The van der Waals surface area contributed by atoms with Gasteiger partial charge in [0.25, 0.3) is 0 Å². The third kappa shape index (κ3) is 2.88. The van der Waals surface area contributed by atoms with Crippen LogP contribution < -0.4 is 9.64 Å². The molecule has 5 heteroatoms. The molecule has 3 nitrogen and oxygen atoms in total. The van der Waals surface area contributed by atoms with E-state index in [-0.39, 0.29) is 5.78 Å². The van der Waals surface area contributed by atoms with Crippen molar-refractivity contribution in [1.82, 2.24) is 0 Å². The molecule has 0 unspecified atom stereocenters. The summed E-state index contributed by atoms with van der Waals surface area (Å²) in [4.78, 5) is 15.3. The van der Waals surface area contributed by atoms with E-state index in [1.165, 1.54) is 11.3 Å². The van der Waals surface area contributed by atoms with Crippen LogP contribution in [0.5, 0.6) is 5.75 Å². The molecule has 2 heterocycles. The predicted molar refractivity (Wildman–Crippen MR) is 85.1 cm³/mol. The number of rotatable bonds is 3. The Hall–Kier alpha value is -1.33. The highest BCUT2D eigenvalue weighted by Crippen LogP contribution is 2.31. The minimum atomic E-state index is 0.150. The molecule has 0 N–H and O–H groups in total. The smallest absolute Gasteiger partial charge is 0.192 e. The van der Waals surface area contributed by atoms with E-state index < -0.39 is 0 Å². The number of hydrogen-bond acceptors (Lipinski definition) is 4. The van der Waals surface area contributed by atoms with Crippen LogP contribution >= 0.6 is 27.3 Å². The molecule has 0 radical (unpaired) electrons. The van der Waals surface area contributed by atoms with Crippen molar-refractivity contribution in [2.24, 2.45) is 0 Å². The van der Waals surface area contributed by atoms with Crippen LogP contribution in [0.1, 0.15) is 16.1 Å². The van der Waals surface area contributed by atoms with Crippen LogP contribution in [-0.2, 0) is 0 Å². The van der Waals surface area contributed by atoms with E-state index in [0.29, 0.717) is 13.2 Å². The van der Waals surface area contributed by atoms with Crippen molar-refractivity contribution < 1.29 is 9.53 Å². The summed E-state index contributed by atoms with van der Waals surface area (Å²) >= 11 is 4.88. The van der Waals surface area contributed by atoms with Gasteiger partial charge in [-0.1, -0.05) is 12.1 Å². The van der Waals surface area contributed by atoms with Crippen molar-refractivity contribution in [1.29, 1.82) is 0 Å². The molecule has 0 fully saturated rings. The maximum absolute atomic E-state index is 12.4. The number of ketones is 1. The maximum Gasteiger partial charge on any atom is 0.192 e. The largest absolute Gasteiger partial charge is 0.491 e. The molecule has 1 aromatic carbocycles. The molecule has 0 spiro atoms. The normalized spacial score (nSPS) is 14.3. The Morgan fingerprint density at radius 2 is 2.15 bits per heavy atom. The van der Waals surface area contributed by atoms with E-state index in [4.69, 9.17) is 4.74 Å². The topological polar surface area (TPSA) is 29.5 Å². The second-order valence-corrected chi connectivity index (χ2v) is 7.08. The standard InChI is InChI=1S/C15H14BrNO2S/c16-15-7-6-14(20-15)12(18)10-17-8-3-9-19-13-5-2-1-4-11(13)17/h1-2,4-7H,3,8-10H2. The van der Waals surface area contributed by atoms with Gasteiger partial charge in [-0.05, 0) is 46.6 Å². The molecule has 0 saturated carbocycles. The van der Waals surface area contributed by atoms with E-state index in [1.807, 2.05) is 36.4 Å². The first-order valence-corrected chi connectivity index (χ1v) is 8.10. The van der Waals surface area contributed by atoms with Gasteiger partial charge >= 0.3 is 0 Å². The van der Waals surface area contributed by atoms with Gasteiger partial charge in [0.2, 0.25) is 0 Å². The zero-order chi connectivity index (χ0) is 13.9. The summed E-state index contributed by atoms with van der Waals surface area (Å²) in [6.45, 7) is 1.94. The summed E-state index contributed by atoms with van der Waals surface area (Å²) in [5, 5.41) is 0. The summed E-state index contributed by atoms with van der Waals surface area (Å²) in [6.07, 6.45) is 0.927. The lowest BCUT2D eigenvalue weighted by Crippen LogP contribution is -2.30. The van der Waals surface area contributed by atoms with Crippen LogP contribution in [0.2, 0.25) is 0 Å². The molecule has 1 aliphatic heterocycles. The van der Waals surface area contributed by atoms with Gasteiger partial charge in [0.1, 0.15) is 5.75 Å². The van der Waals surface area contributed by atoms with Gasteiger partial charge in [-0.3, -0.25) is 4.79 Å². The molecular formula is C15H14BrNO2S. The van der Waals surface area contributed by atoms with Gasteiger partial charge in [0.15, 0.2) is 5.78 Å². The van der Waals surface area contributed by atoms with Crippen LogP contribution in [0.4, 0.5) is 5.69 Å². The lowest BCUT2D eigenvalue weighted by Gasteiger charge is -2.22. The SMILES string of the molecule is O=C(CN1CCCOc2ccccc21)c1ccc(Br)s1. The fraction of sp³-hybridized carbons (Fsp3) is 0.267. The van der Waals surface area contributed by atoms with Crippen molar-refractivity contribution in [3.63, 3.8) is 0 Å². The highest BCUT2D eigenvalue weighted by atomic mass is 79.9. The van der Waals surface area contributed by atoms with E-state index in [0.717, 1.165) is 33.1 Å². The molecule has 0 saturated heterocycles. The first-order chi connectivity index (χ1) is 9.74. The van der Waals surface area contributed by atoms with E-state index in [9.17, 15) is 4.79 Å². The van der Waals surface area contributed by atoms with Gasteiger partial charge in [0, 0.05) is 6.54 Å². The Kier molecular flexibility index (Phi) is 4.08. The zero-order valence-corrected chi connectivity index (χ0v) is 13.2. The number of halogens is 1. The number of carbonyl (C=O) groups excluding carboxylic acids is 1. The number of fused-ring (bicyclic) bond motifs is 1. The average molecular weight is 352 g/mol. The van der Waals surface area contributed by atoms with E-state index >= 15 is 0 Å². The Balaban J connectivity index is 1.82. The van der Waals surface area contributed by atoms with Crippen LogP contribution in [0.25, 0.3) is 0 Å². The van der Waals surface area contributed by atoms with Crippen molar-refractivity contribution in [2.75, 3.05) is 24.6 Å². The van der Waals surface area contributed by atoms with Crippen LogP contribution in [0.15, 0.2) is 40.2 Å². The molecule has 3 rings (SSSR count). The third-order valence-corrected chi connectivity index (χ3v) is 4.88. The molecule has 0 aliphatic carbocycles. The number of Topliss-reactive ketones (excluding diaryl/α,β-unsaturated/α-hetero) is 1. The lowest BCUT2D eigenvalue weighted by atomic mass is 10.2. The monoisotopic (exact) mass is 351 g/mol. The molecule has 0 atom stereocenters. The Labute approximate surface area is 130 Å². The van der Waals surface area contributed by atoms with Crippen LogP contribution in [-0.4, -0.2) is 25.5 Å². The number of thiophene rings is 1. The van der Waals surface area contributed by atoms with Gasteiger partial charge in [-0.15, -0.1) is 11.3 Å². The Morgan fingerprint density at radius 3 is 2.95 bits per heavy atom. The van der Waals surface area contributed by atoms with Crippen LogP contribution in [0, 0.1) is 0 Å². The quantitative estimate of drug-likeness (QED) is 0.783. The van der Waals surface area contributed by atoms with Crippen molar-refractivity contribution in [3.05, 3.63) is 45.1 Å². The number of anilines is 1. The molecule has 20 heavy (non-hydrogen) atoms. The van der Waals surface area contributed by atoms with Gasteiger partial charge in [-0.25, -0.2) is 0 Å². The van der Waals surface area contributed by atoms with Crippen molar-refractivity contribution in [2.45, 2.75) is 6.42 Å². The van der Waals surface area contributed by atoms with E-state index in [2.05, 4.69) is 20.8 Å².